The molecule has 3 fully saturated rings. The van der Waals surface area contributed by atoms with Crippen LogP contribution in [-0.4, -0.2) is 106 Å². The molecule has 6 rings (SSSR count). The van der Waals surface area contributed by atoms with Crippen LogP contribution >= 0.6 is 11.3 Å². The van der Waals surface area contributed by atoms with Crippen LogP contribution < -0.4 is 10.2 Å². The SMILES string of the molecule is Cc1ncsc1-c1ccc(C(C)NC(=O)[C@@H]2C[C@@H](O)CN2C(=O)[C@H](c2cc(N3CCC(OC4CCN(C(=O)OC(C)(C)C)CC4)CC3)no2)C(C)C)cc1. The van der Waals surface area contributed by atoms with Crippen LogP contribution in [0.1, 0.15) is 103 Å². The fraction of sp³-hybridized carbons (Fsp3) is 0.625. The highest BCUT2D eigenvalue weighted by atomic mass is 32.1. The number of benzene rings is 1. The Labute approximate surface area is 322 Å². The van der Waals surface area contributed by atoms with Crippen molar-refractivity contribution in [2.75, 3.05) is 37.6 Å². The Bertz CT molecular complexity index is 1740. The molecule has 4 atom stereocenters. The van der Waals surface area contributed by atoms with E-state index in [9.17, 15) is 19.5 Å². The zero-order valence-corrected chi connectivity index (χ0v) is 33.4. The van der Waals surface area contributed by atoms with E-state index in [1.54, 1.807) is 16.2 Å². The number of aliphatic hydroxyl groups is 1. The number of carbonyl (C=O) groups is 3. The van der Waals surface area contributed by atoms with Gasteiger partial charge in [0, 0.05) is 45.2 Å². The van der Waals surface area contributed by atoms with E-state index in [0.29, 0.717) is 24.7 Å². The number of carbonyl (C=O) groups excluding carboxylic acids is 3. The number of hydrogen-bond donors (Lipinski definition) is 2. The molecule has 3 aliphatic rings. The Morgan fingerprint density at radius 2 is 1.65 bits per heavy atom. The minimum absolute atomic E-state index is 0.0754. The largest absolute Gasteiger partial charge is 0.444 e. The summed E-state index contributed by atoms with van der Waals surface area (Å²) in [5.74, 6) is -0.237. The third-order valence-corrected chi connectivity index (χ3v) is 11.6. The molecule has 0 radical (unpaired) electrons. The Morgan fingerprint density at radius 3 is 2.24 bits per heavy atom. The highest BCUT2D eigenvalue weighted by Gasteiger charge is 2.44. The lowest BCUT2D eigenvalue weighted by Gasteiger charge is -2.37. The van der Waals surface area contributed by atoms with E-state index in [-0.39, 0.29) is 55.0 Å². The van der Waals surface area contributed by atoms with E-state index in [0.717, 1.165) is 60.5 Å². The topological polar surface area (TPSA) is 151 Å². The summed E-state index contributed by atoms with van der Waals surface area (Å²) in [5.41, 5.74) is 4.32. The van der Waals surface area contributed by atoms with Crippen LogP contribution in [0.3, 0.4) is 0 Å². The van der Waals surface area contributed by atoms with Crippen LogP contribution in [0.5, 0.6) is 0 Å². The van der Waals surface area contributed by atoms with Crippen molar-refractivity contribution in [3.63, 3.8) is 0 Å². The van der Waals surface area contributed by atoms with Crippen LogP contribution in [0.2, 0.25) is 0 Å². The van der Waals surface area contributed by atoms with Crippen molar-refractivity contribution in [3.8, 4) is 10.4 Å². The van der Waals surface area contributed by atoms with E-state index in [4.69, 9.17) is 14.0 Å². The van der Waals surface area contributed by atoms with Crippen molar-refractivity contribution in [2.24, 2.45) is 5.92 Å². The quantitative estimate of drug-likeness (QED) is 0.249. The maximum atomic E-state index is 14.2. The molecule has 1 aromatic carbocycles. The summed E-state index contributed by atoms with van der Waals surface area (Å²) in [5, 5.41) is 18.1. The van der Waals surface area contributed by atoms with Gasteiger partial charge in [0.2, 0.25) is 11.8 Å². The molecule has 2 aromatic heterocycles. The van der Waals surface area contributed by atoms with Gasteiger partial charge in [-0.2, -0.15) is 0 Å². The lowest BCUT2D eigenvalue weighted by atomic mass is 9.91. The molecule has 0 bridgehead atoms. The Hall–Kier alpha value is -4.01. The average molecular weight is 765 g/mol. The first-order valence-corrected chi connectivity index (χ1v) is 20.2. The second kappa shape index (κ2) is 16.8. The number of piperidine rings is 2. The summed E-state index contributed by atoms with van der Waals surface area (Å²) < 4.78 is 17.8. The lowest BCUT2D eigenvalue weighted by molar-refractivity contribution is -0.141. The molecule has 3 amide bonds. The maximum Gasteiger partial charge on any atom is 0.410 e. The van der Waals surface area contributed by atoms with Gasteiger partial charge in [-0.05, 0) is 77.3 Å². The Kier molecular flexibility index (Phi) is 12.3. The summed E-state index contributed by atoms with van der Waals surface area (Å²) in [4.78, 5) is 51.2. The zero-order valence-electron chi connectivity index (χ0n) is 32.6. The van der Waals surface area contributed by atoms with Crippen molar-refractivity contribution in [2.45, 2.75) is 122 Å². The fourth-order valence-corrected chi connectivity index (χ4v) is 8.50. The van der Waals surface area contributed by atoms with Gasteiger partial charge in [-0.1, -0.05) is 43.3 Å². The highest BCUT2D eigenvalue weighted by molar-refractivity contribution is 7.13. The molecule has 0 aliphatic carbocycles. The van der Waals surface area contributed by atoms with Gasteiger partial charge in [-0.15, -0.1) is 11.3 Å². The summed E-state index contributed by atoms with van der Waals surface area (Å²) >= 11 is 1.59. The van der Waals surface area contributed by atoms with E-state index in [2.05, 4.69) is 20.4 Å². The number of anilines is 1. The maximum absolute atomic E-state index is 14.2. The first-order chi connectivity index (χ1) is 25.7. The smallest absolute Gasteiger partial charge is 0.410 e. The number of β-amino-alcohol motifs (C(OH)–C–C–N with tert-alkyl or cyclic N) is 1. The average Bonchev–Trinajstić information content (AvgIpc) is 3.88. The summed E-state index contributed by atoms with van der Waals surface area (Å²) in [7, 11) is 0. The molecule has 0 spiro atoms. The van der Waals surface area contributed by atoms with E-state index < -0.39 is 23.7 Å². The second-order valence-electron chi connectivity index (χ2n) is 16.3. The van der Waals surface area contributed by atoms with Crippen molar-refractivity contribution >= 4 is 35.1 Å². The van der Waals surface area contributed by atoms with E-state index in [1.807, 2.05) is 84.3 Å². The van der Waals surface area contributed by atoms with Crippen molar-refractivity contribution in [3.05, 3.63) is 52.9 Å². The molecule has 2 N–H and O–H groups in total. The molecule has 3 aromatic rings. The monoisotopic (exact) mass is 764 g/mol. The molecular weight excluding hydrogens is 709 g/mol. The standard InChI is InChI=1S/C40H56N6O7S/c1-24(2)35(33-21-34(43-53-33)44-16-12-30(13-17-44)51-31-14-18-45(19-15-31)39(50)52-40(5,6)7)38(49)46-22-29(47)20-32(46)37(48)42-25(3)27-8-10-28(11-9-27)36-26(4)41-23-54-36/h8-11,21,23-25,29-32,35,47H,12-20,22H2,1-7H3,(H,42,48)/t25?,29-,32+,35+/m1/s1. The fourth-order valence-electron chi connectivity index (χ4n) is 7.68. The summed E-state index contributed by atoms with van der Waals surface area (Å²) in [6.07, 6.45) is 2.56. The summed E-state index contributed by atoms with van der Waals surface area (Å²) in [6.45, 7) is 16.2. The number of nitrogens with one attached hydrogen (secondary N) is 1. The third kappa shape index (κ3) is 9.43. The zero-order chi connectivity index (χ0) is 38.7. The van der Waals surface area contributed by atoms with Gasteiger partial charge in [0.15, 0.2) is 11.6 Å². The van der Waals surface area contributed by atoms with Crippen LogP contribution in [0.25, 0.3) is 10.4 Å². The molecule has 14 heteroatoms. The minimum Gasteiger partial charge on any atom is -0.444 e. The molecule has 3 saturated heterocycles. The molecule has 1 unspecified atom stereocenters. The normalized spacial score (nSPS) is 21.4. The number of thiazole rings is 1. The second-order valence-corrected chi connectivity index (χ2v) is 17.2. The number of hydrogen-bond acceptors (Lipinski definition) is 11. The number of nitrogens with zero attached hydrogens (tertiary/aromatic N) is 5. The van der Waals surface area contributed by atoms with Crippen molar-refractivity contribution < 1.29 is 33.5 Å². The molecule has 13 nitrogen and oxygen atoms in total. The first-order valence-electron chi connectivity index (χ1n) is 19.3. The van der Waals surface area contributed by atoms with Crippen LogP contribution in [0.4, 0.5) is 10.6 Å². The predicted octanol–water partition coefficient (Wildman–Crippen LogP) is 6.07. The number of aliphatic hydroxyl groups excluding tert-OH is 1. The van der Waals surface area contributed by atoms with Crippen LogP contribution in [-0.2, 0) is 19.1 Å². The Morgan fingerprint density at radius 1 is 1.00 bits per heavy atom. The molecule has 3 aliphatic heterocycles. The Balaban J connectivity index is 1.02. The first kappa shape index (κ1) is 39.7. The molecule has 5 heterocycles. The molecule has 0 saturated carbocycles. The van der Waals surface area contributed by atoms with Crippen LogP contribution in [0, 0.1) is 12.8 Å². The predicted molar refractivity (Wildman–Crippen MR) is 206 cm³/mol. The van der Waals surface area contributed by atoms with Crippen molar-refractivity contribution in [1.82, 2.24) is 25.3 Å². The highest BCUT2D eigenvalue weighted by Crippen LogP contribution is 2.34. The van der Waals surface area contributed by atoms with Gasteiger partial charge in [0.1, 0.15) is 17.6 Å². The third-order valence-electron chi connectivity index (χ3n) is 10.6. The number of rotatable bonds is 10. The van der Waals surface area contributed by atoms with Gasteiger partial charge in [-0.25, -0.2) is 9.78 Å². The van der Waals surface area contributed by atoms with E-state index in [1.165, 1.54) is 4.90 Å². The number of likely N-dealkylation sites (tertiary alicyclic amines) is 2. The number of aryl methyl sites for hydroxylation is 1. The molecule has 54 heavy (non-hydrogen) atoms. The lowest BCUT2D eigenvalue weighted by Crippen LogP contribution is -2.48. The molecular formula is C40H56N6O7S. The van der Waals surface area contributed by atoms with Gasteiger partial charge >= 0.3 is 6.09 Å². The van der Waals surface area contributed by atoms with Crippen LogP contribution in [0.15, 0.2) is 40.4 Å². The van der Waals surface area contributed by atoms with Crippen molar-refractivity contribution in [1.29, 1.82) is 0 Å². The van der Waals surface area contributed by atoms with Gasteiger partial charge in [-0.3, -0.25) is 9.59 Å². The number of aromatic nitrogens is 2. The summed E-state index contributed by atoms with van der Waals surface area (Å²) in [6, 6.07) is 8.80. The van der Waals surface area contributed by atoms with E-state index >= 15 is 0 Å². The minimum atomic E-state index is -0.805. The van der Waals surface area contributed by atoms with Gasteiger partial charge in [0.05, 0.1) is 40.4 Å². The number of amides is 3. The van der Waals surface area contributed by atoms with Gasteiger partial charge < -0.3 is 39.1 Å². The van der Waals surface area contributed by atoms with Gasteiger partial charge in [0.25, 0.3) is 0 Å². The molecule has 294 valence electrons. The number of ether oxygens (including phenoxy) is 2.